The van der Waals surface area contributed by atoms with Crippen molar-refractivity contribution in [2.24, 2.45) is 5.41 Å². The first-order chi connectivity index (χ1) is 10.5. The Kier molecular flexibility index (Phi) is 7.52. The molecule has 23 heavy (non-hydrogen) atoms. The molecule has 1 heterocycles. The van der Waals surface area contributed by atoms with Gasteiger partial charge in [-0.05, 0) is 57.8 Å². The minimum Gasteiger partial charge on any atom is -0.384 e. The zero-order valence-corrected chi connectivity index (χ0v) is 15.4. The van der Waals surface area contributed by atoms with E-state index in [1.807, 2.05) is 0 Å². The molecular weight excluding hydrogens is 312 g/mol. The van der Waals surface area contributed by atoms with Crippen molar-refractivity contribution in [1.82, 2.24) is 10.6 Å². The van der Waals surface area contributed by atoms with Gasteiger partial charge >= 0.3 is 0 Å². The number of methoxy groups -OCH3 is 1. The summed E-state index contributed by atoms with van der Waals surface area (Å²) in [5.74, 6) is 0.114. The summed E-state index contributed by atoms with van der Waals surface area (Å²) in [4.78, 5) is 12.9. The Hall–Kier alpha value is -1.10. The molecule has 2 N–H and O–H groups in total. The second kappa shape index (κ2) is 8.67. The maximum absolute atomic E-state index is 12.9. The van der Waals surface area contributed by atoms with Crippen molar-refractivity contribution < 1.29 is 9.53 Å². The van der Waals surface area contributed by atoms with Gasteiger partial charge in [0, 0.05) is 7.11 Å². The maximum Gasteiger partial charge on any atom is 0.229 e. The molecule has 1 unspecified atom stereocenters. The van der Waals surface area contributed by atoms with Crippen LogP contribution in [0.5, 0.6) is 0 Å². The highest BCUT2D eigenvalue weighted by Gasteiger charge is 2.40. The number of hydrogen-bond acceptors (Lipinski definition) is 3. The normalized spacial score (nSPS) is 17.9. The van der Waals surface area contributed by atoms with Crippen LogP contribution in [0.15, 0.2) is 18.2 Å². The van der Waals surface area contributed by atoms with Crippen molar-refractivity contribution in [3.63, 3.8) is 0 Å². The lowest BCUT2D eigenvalue weighted by atomic mass is 9.78. The number of carbonyl (C=O) groups is 1. The first-order valence-corrected chi connectivity index (χ1v) is 8.06. The van der Waals surface area contributed by atoms with Gasteiger partial charge in [0.1, 0.15) is 0 Å². The van der Waals surface area contributed by atoms with Crippen LogP contribution in [0.4, 0.5) is 0 Å². The van der Waals surface area contributed by atoms with Crippen LogP contribution in [0.3, 0.4) is 0 Å². The van der Waals surface area contributed by atoms with E-state index in [1.54, 1.807) is 7.11 Å². The summed E-state index contributed by atoms with van der Waals surface area (Å²) >= 11 is 0. The molecule has 0 bridgehead atoms. The van der Waals surface area contributed by atoms with E-state index in [9.17, 15) is 4.79 Å². The fourth-order valence-corrected chi connectivity index (χ4v) is 3.36. The molecule has 0 radical (unpaired) electrons. The van der Waals surface area contributed by atoms with Gasteiger partial charge in [-0.2, -0.15) is 0 Å². The molecule has 0 aromatic heterocycles. The second-order valence-electron chi connectivity index (χ2n) is 6.52. The Bertz CT molecular complexity index is 522. The molecule has 2 rings (SSSR count). The predicted molar refractivity (Wildman–Crippen MR) is 96.1 cm³/mol. The van der Waals surface area contributed by atoms with Crippen LogP contribution < -0.4 is 10.6 Å². The van der Waals surface area contributed by atoms with Gasteiger partial charge in [0.25, 0.3) is 0 Å². The lowest BCUT2D eigenvalue weighted by Gasteiger charge is -2.36. The summed E-state index contributed by atoms with van der Waals surface area (Å²) in [6, 6.07) is 6.38. The van der Waals surface area contributed by atoms with Crippen LogP contribution in [0.25, 0.3) is 0 Å². The summed E-state index contributed by atoms with van der Waals surface area (Å²) in [5.41, 5.74) is 3.25. The molecule has 0 spiro atoms. The largest absolute Gasteiger partial charge is 0.384 e. The lowest BCUT2D eigenvalue weighted by molar-refractivity contribution is -0.136. The molecule has 1 aromatic rings. The highest BCUT2D eigenvalue weighted by Crippen LogP contribution is 2.31. The van der Waals surface area contributed by atoms with Crippen molar-refractivity contribution in [1.29, 1.82) is 0 Å². The molecule has 1 aliphatic rings. The highest BCUT2D eigenvalue weighted by molar-refractivity contribution is 5.85. The van der Waals surface area contributed by atoms with Crippen molar-refractivity contribution in [3.8, 4) is 0 Å². The Labute approximate surface area is 145 Å². The van der Waals surface area contributed by atoms with Crippen LogP contribution in [0, 0.1) is 19.3 Å². The number of rotatable bonds is 5. The number of carbonyl (C=O) groups excluding carboxylic acids is 1. The quantitative estimate of drug-likeness (QED) is 0.866. The Morgan fingerprint density at radius 1 is 1.35 bits per heavy atom. The van der Waals surface area contributed by atoms with Gasteiger partial charge in [-0.25, -0.2) is 0 Å². The van der Waals surface area contributed by atoms with Gasteiger partial charge in [-0.3, -0.25) is 4.79 Å². The van der Waals surface area contributed by atoms with E-state index >= 15 is 0 Å². The summed E-state index contributed by atoms with van der Waals surface area (Å²) in [5, 5.41) is 6.52. The minimum atomic E-state index is -0.396. The smallest absolute Gasteiger partial charge is 0.229 e. The summed E-state index contributed by atoms with van der Waals surface area (Å²) in [7, 11) is 1.67. The highest BCUT2D eigenvalue weighted by atomic mass is 35.5. The van der Waals surface area contributed by atoms with Crippen LogP contribution in [0.1, 0.15) is 42.5 Å². The van der Waals surface area contributed by atoms with E-state index in [0.717, 1.165) is 25.9 Å². The minimum absolute atomic E-state index is 0. The van der Waals surface area contributed by atoms with Crippen LogP contribution in [0.2, 0.25) is 0 Å². The molecule has 1 saturated heterocycles. The van der Waals surface area contributed by atoms with E-state index in [-0.39, 0.29) is 24.4 Å². The summed E-state index contributed by atoms with van der Waals surface area (Å²) in [6.07, 6.45) is 1.65. The second-order valence-corrected chi connectivity index (χ2v) is 6.52. The van der Waals surface area contributed by atoms with Crippen LogP contribution in [-0.4, -0.2) is 32.7 Å². The number of piperidine rings is 1. The topological polar surface area (TPSA) is 50.4 Å². The lowest BCUT2D eigenvalue weighted by Crippen LogP contribution is -2.50. The molecule has 1 atom stereocenters. The van der Waals surface area contributed by atoms with E-state index in [2.05, 4.69) is 49.6 Å². The maximum atomic E-state index is 12.9. The number of benzene rings is 1. The SMILES string of the molecule is COCC1(C(=O)NC(C)c2ccc(C)cc2C)CCNCC1.Cl. The monoisotopic (exact) mass is 340 g/mol. The van der Waals surface area contributed by atoms with E-state index in [1.165, 1.54) is 16.7 Å². The average molecular weight is 341 g/mol. The number of halogens is 1. The molecular formula is C18H29ClN2O2. The van der Waals surface area contributed by atoms with E-state index < -0.39 is 5.41 Å². The third-order valence-electron chi connectivity index (χ3n) is 4.70. The van der Waals surface area contributed by atoms with E-state index in [0.29, 0.717) is 6.61 Å². The van der Waals surface area contributed by atoms with Gasteiger partial charge in [-0.1, -0.05) is 23.8 Å². The van der Waals surface area contributed by atoms with Gasteiger partial charge in [0.05, 0.1) is 18.1 Å². The standard InChI is InChI=1S/C18H28N2O2.ClH/c1-13-5-6-16(14(2)11-13)15(3)20-17(21)18(12-22-4)7-9-19-10-8-18;/h5-6,11,15,19H,7-10,12H2,1-4H3,(H,20,21);1H. The van der Waals surface area contributed by atoms with Gasteiger partial charge in [-0.15, -0.1) is 12.4 Å². The zero-order chi connectivity index (χ0) is 16.2. The predicted octanol–water partition coefficient (Wildman–Crippen LogP) is 2.92. The Morgan fingerprint density at radius 2 is 2.00 bits per heavy atom. The molecule has 1 aliphatic heterocycles. The molecule has 5 heteroatoms. The molecule has 1 amide bonds. The number of ether oxygens (including phenoxy) is 1. The molecule has 0 aliphatic carbocycles. The molecule has 1 fully saturated rings. The molecule has 130 valence electrons. The first-order valence-electron chi connectivity index (χ1n) is 8.06. The van der Waals surface area contributed by atoms with Crippen molar-refractivity contribution in [2.45, 2.75) is 39.7 Å². The number of nitrogens with one attached hydrogen (secondary N) is 2. The van der Waals surface area contributed by atoms with Gasteiger partial charge in [0.15, 0.2) is 0 Å². The Balaban J connectivity index is 0.00000264. The molecule has 1 aromatic carbocycles. The van der Waals surface area contributed by atoms with Gasteiger partial charge < -0.3 is 15.4 Å². The number of hydrogen-bond donors (Lipinski definition) is 2. The van der Waals surface area contributed by atoms with Crippen LogP contribution >= 0.6 is 12.4 Å². The van der Waals surface area contributed by atoms with Crippen LogP contribution in [-0.2, 0) is 9.53 Å². The van der Waals surface area contributed by atoms with Gasteiger partial charge in [0.2, 0.25) is 5.91 Å². The Morgan fingerprint density at radius 3 is 2.57 bits per heavy atom. The van der Waals surface area contributed by atoms with Crippen molar-refractivity contribution in [2.75, 3.05) is 26.8 Å². The molecule has 4 nitrogen and oxygen atoms in total. The van der Waals surface area contributed by atoms with Crippen molar-refractivity contribution in [3.05, 3.63) is 34.9 Å². The summed E-state index contributed by atoms with van der Waals surface area (Å²) < 4.78 is 5.34. The average Bonchev–Trinajstić information content (AvgIpc) is 2.48. The summed E-state index contributed by atoms with van der Waals surface area (Å²) in [6.45, 7) is 8.46. The third-order valence-corrected chi connectivity index (χ3v) is 4.70. The van der Waals surface area contributed by atoms with Crippen molar-refractivity contribution >= 4 is 18.3 Å². The first kappa shape index (κ1) is 19.9. The fourth-order valence-electron chi connectivity index (χ4n) is 3.36. The number of aryl methyl sites for hydroxylation is 2. The zero-order valence-electron chi connectivity index (χ0n) is 14.6. The third kappa shape index (κ3) is 4.69. The van der Waals surface area contributed by atoms with E-state index in [4.69, 9.17) is 4.74 Å². The molecule has 0 saturated carbocycles. The fraction of sp³-hybridized carbons (Fsp3) is 0.611. The number of amides is 1.